The molecule has 0 aromatic carbocycles. The van der Waals surface area contributed by atoms with Crippen LogP contribution in [0.2, 0.25) is 0 Å². The summed E-state index contributed by atoms with van der Waals surface area (Å²) in [4.78, 5) is 14.9. The first-order valence-electron chi connectivity index (χ1n) is 11.1. The highest BCUT2D eigenvalue weighted by molar-refractivity contribution is 5.74. The van der Waals surface area contributed by atoms with Gasteiger partial charge in [-0.1, -0.05) is 6.07 Å². The molecule has 2 aromatic heterocycles. The van der Waals surface area contributed by atoms with Crippen molar-refractivity contribution in [2.75, 3.05) is 46.2 Å². The van der Waals surface area contributed by atoms with Gasteiger partial charge in [0.2, 0.25) is 6.35 Å². The number of hydrogen-bond acceptors (Lipinski definition) is 7. The molecule has 2 bridgehead atoms. The molecule has 0 amide bonds. The summed E-state index contributed by atoms with van der Waals surface area (Å²) in [6, 6.07) is 9.19. The van der Waals surface area contributed by atoms with E-state index >= 15 is 0 Å². The van der Waals surface area contributed by atoms with Gasteiger partial charge in [0.25, 0.3) is 0 Å². The highest BCUT2D eigenvalue weighted by Gasteiger charge is 2.43. The Morgan fingerprint density at radius 1 is 1.03 bits per heavy atom. The van der Waals surface area contributed by atoms with Crippen molar-refractivity contribution in [1.29, 1.82) is 0 Å². The molecule has 1 unspecified atom stereocenters. The van der Waals surface area contributed by atoms with Crippen LogP contribution in [0.3, 0.4) is 0 Å². The van der Waals surface area contributed by atoms with Crippen molar-refractivity contribution in [2.45, 2.75) is 44.3 Å². The Hall–Kier alpha value is -2.75. The van der Waals surface area contributed by atoms with Gasteiger partial charge in [-0.05, 0) is 49.9 Å². The quantitative estimate of drug-likeness (QED) is 0.695. The van der Waals surface area contributed by atoms with E-state index in [4.69, 9.17) is 4.98 Å². The predicted octanol–water partition coefficient (Wildman–Crippen LogP) is 3.43. The number of anilines is 4. The van der Waals surface area contributed by atoms with Gasteiger partial charge in [-0.2, -0.15) is 13.2 Å². The van der Waals surface area contributed by atoms with Crippen molar-refractivity contribution in [1.82, 2.24) is 9.97 Å². The van der Waals surface area contributed by atoms with Gasteiger partial charge in [0.05, 0.1) is 17.6 Å². The number of nitrogens with one attached hydrogen (secondary N) is 1. The van der Waals surface area contributed by atoms with Crippen LogP contribution in [0.15, 0.2) is 36.5 Å². The molecule has 0 saturated carbocycles. The molecule has 2 aromatic rings. The van der Waals surface area contributed by atoms with Crippen molar-refractivity contribution >= 4 is 23.1 Å². The molecule has 172 valence electrons. The standard InChI is InChI=1S/C22H27F3N6O/c23-22(24,25)15-5-3-12-30(13-15)19-9-8-17-20(28-19)31(16-6-4-11-29(17)14-16)21(32)27-18-7-1-2-10-26-18/h1-2,7-10,15-16,21,32H,3-6,11-14H2,(H,26,27)/t15-,16-,21?/m0/s1. The number of piperidine rings is 2. The molecule has 0 radical (unpaired) electrons. The van der Waals surface area contributed by atoms with Gasteiger partial charge >= 0.3 is 6.18 Å². The number of aliphatic hydroxyl groups is 1. The lowest BCUT2D eigenvalue weighted by Crippen LogP contribution is -2.58. The van der Waals surface area contributed by atoms with Crippen molar-refractivity contribution in [3.05, 3.63) is 36.5 Å². The lowest BCUT2D eigenvalue weighted by molar-refractivity contribution is -0.176. The van der Waals surface area contributed by atoms with E-state index in [0.29, 0.717) is 30.4 Å². The second kappa shape index (κ2) is 8.31. The van der Waals surface area contributed by atoms with Crippen LogP contribution >= 0.6 is 0 Å². The van der Waals surface area contributed by atoms with Gasteiger partial charge in [-0.3, -0.25) is 0 Å². The Bertz CT molecular complexity index is 943. The first-order valence-corrected chi connectivity index (χ1v) is 11.1. The van der Waals surface area contributed by atoms with Gasteiger partial charge in [-0.25, -0.2) is 9.97 Å². The van der Waals surface area contributed by atoms with Crippen LogP contribution < -0.4 is 20.0 Å². The molecule has 32 heavy (non-hydrogen) atoms. The fraction of sp³-hybridized carbons (Fsp3) is 0.545. The Kier molecular flexibility index (Phi) is 5.48. The Labute approximate surface area is 184 Å². The van der Waals surface area contributed by atoms with Gasteiger partial charge in [0.15, 0.2) is 5.82 Å². The lowest BCUT2D eigenvalue weighted by Gasteiger charge is -2.48. The summed E-state index contributed by atoms with van der Waals surface area (Å²) < 4.78 is 40.0. The molecular formula is C22H27F3N6O. The Morgan fingerprint density at radius 3 is 2.62 bits per heavy atom. The van der Waals surface area contributed by atoms with E-state index < -0.39 is 18.4 Å². The molecule has 10 heteroatoms. The fourth-order valence-corrected chi connectivity index (χ4v) is 5.04. The molecule has 3 atom stereocenters. The van der Waals surface area contributed by atoms with Crippen LogP contribution in [-0.2, 0) is 0 Å². The Balaban J connectivity index is 1.46. The molecule has 2 N–H and O–H groups in total. The summed E-state index contributed by atoms with van der Waals surface area (Å²) in [6.45, 7) is 2.13. The van der Waals surface area contributed by atoms with Crippen LogP contribution in [0, 0.1) is 5.92 Å². The predicted molar refractivity (Wildman–Crippen MR) is 117 cm³/mol. The molecule has 3 aliphatic heterocycles. The van der Waals surface area contributed by atoms with Crippen molar-refractivity contribution < 1.29 is 18.3 Å². The maximum atomic E-state index is 13.3. The topological polar surface area (TPSA) is 67.8 Å². The number of fused-ring (bicyclic) bond motifs is 4. The Morgan fingerprint density at radius 2 is 1.84 bits per heavy atom. The number of hydrogen-bond donors (Lipinski definition) is 2. The largest absolute Gasteiger partial charge is 0.393 e. The molecule has 5 heterocycles. The zero-order valence-electron chi connectivity index (χ0n) is 17.7. The van der Waals surface area contributed by atoms with Crippen molar-refractivity contribution in [2.24, 2.45) is 5.92 Å². The van der Waals surface area contributed by atoms with Crippen LogP contribution in [-0.4, -0.2) is 59.8 Å². The zero-order chi connectivity index (χ0) is 22.3. The average molecular weight is 448 g/mol. The minimum Gasteiger partial charge on any atom is -0.366 e. The van der Waals surface area contributed by atoms with Gasteiger partial charge in [0, 0.05) is 32.4 Å². The number of aliphatic hydroxyl groups excluding tert-OH is 1. The van der Waals surface area contributed by atoms with E-state index in [-0.39, 0.29) is 19.0 Å². The summed E-state index contributed by atoms with van der Waals surface area (Å²) in [7, 11) is 0. The SMILES string of the molecule is OC(Nc1ccccn1)N1c2nc(N3CCC[C@H](C(F)(F)F)C3)ccc2N2CCC[C@H]1C2. The highest BCUT2D eigenvalue weighted by Crippen LogP contribution is 2.41. The zero-order valence-corrected chi connectivity index (χ0v) is 17.7. The molecule has 7 nitrogen and oxygen atoms in total. The minimum atomic E-state index is -4.20. The minimum absolute atomic E-state index is 0.0505. The molecule has 0 spiro atoms. The maximum Gasteiger partial charge on any atom is 0.393 e. The first kappa shape index (κ1) is 21.1. The number of halogens is 3. The van der Waals surface area contributed by atoms with Gasteiger partial charge in [-0.15, -0.1) is 0 Å². The second-order valence-corrected chi connectivity index (χ2v) is 8.72. The van der Waals surface area contributed by atoms with Crippen LogP contribution in [0.1, 0.15) is 25.7 Å². The van der Waals surface area contributed by atoms with E-state index in [9.17, 15) is 18.3 Å². The number of aromatic nitrogens is 2. The van der Waals surface area contributed by atoms with E-state index in [0.717, 1.165) is 31.6 Å². The summed E-state index contributed by atoms with van der Waals surface area (Å²) >= 11 is 0. The van der Waals surface area contributed by atoms with E-state index in [1.165, 1.54) is 0 Å². The van der Waals surface area contributed by atoms with E-state index in [1.54, 1.807) is 23.2 Å². The van der Waals surface area contributed by atoms with Crippen LogP contribution in [0.5, 0.6) is 0 Å². The number of pyridine rings is 2. The molecular weight excluding hydrogens is 421 g/mol. The normalized spacial score (nSPS) is 24.2. The summed E-state index contributed by atoms with van der Waals surface area (Å²) in [6.07, 6.45) is -1.08. The number of rotatable bonds is 4. The third-order valence-corrected chi connectivity index (χ3v) is 6.63. The summed E-state index contributed by atoms with van der Waals surface area (Å²) in [5.74, 6) is 0.321. The smallest absolute Gasteiger partial charge is 0.366 e. The number of alkyl halides is 3. The van der Waals surface area contributed by atoms with Crippen molar-refractivity contribution in [3.8, 4) is 0 Å². The second-order valence-electron chi connectivity index (χ2n) is 8.72. The third-order valence-electron chi connectivity index (χ3n) is 6.63. The van der Waals surface area contributed by atoms with Gasteiger partial charge in [0.1, 0.15) is 11.6 Å². The molecule has 3 aliphatic rings. The molecule has 5 rings (SSSR count). The van der Waals surface area contributed by atoms with E-state index in [2.05, 4.69) is 15.2 Å². The summed E-state index contributed by atoms with van der Waals surface area (Å²) in [5, 5.41) is 14.1. The summed E-state index contributed by atoms with van der Waals surface area (Å²) in [5.41, 5.74) is 0.899. The highest BCUT2D eigenvalue weighted by atomic mass is 19.4. The molecule has 2 saturated heterocycles. The van der Waals surface area contributed by atoms with E-state index in [1.807, 2.05) is 23.1 Å². The fourth-order valence-electron chi connectivity index (χ4n) is 5.04. The lowest BCUT2D eigenvalue weighted by atomic mass is 9.97. The van der Waals surface area contributed by atoms with Crippen molar-refractivity contribution in [3.63, 3.8) is 0 Å². The monoisotopic (exact) mass is 448 g/mol. The third kappa shape index (κ3) is 4.03. The molecule has 2 fully saturated rings. The van der Waals surface area contributed by atoms with Gasteiger partial charge < -0.3 is 25.1 Å². The first-order chi connectivity index (χ1) is 15.4. The maximum absolute atomic E-state index is 13.3. The average Bonchev–Trinajstić information content (AvgIpc) is 2.79. The number of nitrogens with zero attached hydrogens (tertiary/aromatic N) is 5. The van der Waals surface area contributed by atoms with Crippen LogP contribution in [0.4, 0.5) is 36.3 Å². The van der Waals surface area contributed by atoms with Crippen LogP contribution in [0.25, 0.3) is 0 Å². The molecule has 0 aliphatic carbocycles.